The number of nitrogens with zero attached hydrogens (tertiary/aromatic N) is 4. The molecular weight excluding hydrogens is 282 g/mol. The normalized spacial score (nSPS) is 21.0. The molecule has 2 rings (SSSR count). The molecule has 1 fully saturated rings. The number of aromatic nitrogens is 2. The van der Waals surface area contributed by atoms with Crippen LogP contribution in [0.15, 0.2) is 18.6 Å². The summed E-state index contributed by atoms with van der Waals surface area (Å²) in [4.78, 5) is 35.6. The lowest BCUT2D eigenvalue weighted by atomic mass is 9.91. The highest BCUT2D eigenvalue weighted by atomic mass is 16.2. The summed E-state index contributed by atoms with van der Waals surface area (Å²) < 4.78 is 0. The number of carbonyl (C=O) groups is 2. The quantitative estimate of drug-likeness (QED) is 0.898. The standard InChI is InChI=1S/C15H23N5O2/c1-10(2)11-8-20(9-13(11)18-15(22)19(3)4)14(21)12-7-16-5-6-17-12/h5-7,10-11,13H,8-9H2,1-4H3,(H,18,22)/t11-,13+/m0/s1. The van der Waals surface area contributed by atoms with Gasteiger partial charge in [-0.1, -0.05) is 13.8 Å². The van der Waals surface area contributed by atoms with Gasteiger partial charge in [0.15, 0.2) is 0 Å². The van der Waals surface area contributed by atoms with Gasteiger partial charge in [-0.2, -0.15) is 0 Å². The van der Waals surface area contributed by atoms with Crippen LogP contribution in [0.2, 0.25) is 0 Å². The van der Waals surface area contributed by atoms with E-state index in [0.717, 1.165) is 0 Å². The van der Waals surface area contributed by atoms with Gasteiger partial charge >= 0.3 is 6.03 Å². The van der Waals surface area contributed by atoms with E-state index < -0.39 is 0 Å². The minimum Gasteiger partial charge on any atom is -0.335 e. The molecule has 1 aliphatic heterocycles. The predicted octanol–water partition coefficient (Wildman–Crippen LogP) is 0.844. The van der Waals surface area contributed by atoms with Gasteiger partial charge in [-0.3, -0.25) is 9.78 Å². The number of hydrogen-bond acceptors (Lipinski definition) is 4. The summed E-state index contributed by atoms with van der Waals surface area (Å²) >= 11 is 0. The van der Waals surface area contributed by atoms with Gasteiger partial charge in [-0.15, -0.1) is 0 Å². The van der Waals surface area contributed by atoms with Crippen LogP contribution >= 0.6 is 0 Å². The summed E-state index contributed by atoms with van der Waals surface area (Å²) in [5.74, 6) is 0.456. The Labute approximate surface area is 130 Å². The molecule has 1 N–H and O–H groups in total. The first kappa shape index (κ1) is 16.2. The highest BCUT2D eigenvalue weighted by molar-refractivity contribution is 5.92. The molecule has 7 heteroatoms. The van der Waals surface area contributed by atoms with Crippen LogP contribution in [0, 0.1) is 11.8 Å². The molecule has 0 unspecified atom stereocenters. The molecule has 0 saturated carbocycles. The molecule has 0 aromatic carbocycles. The van der Waals surface area contributed by atoms with Crippen molar-refractivity contribution in [2.75, 3.05) is 27.2 Å². The lowest BCUT2D eigenvalue weighted by molar-refractivity contribution is 0.0776. The van der Waals surface area contributed by atoms with Crippen molar-refractivity contribution in [3.8, 4) is 0 Å². The van der Waals surface area contributed by atoms with Crippen LogP contribution in [0.1, 0.15) is 24.3 Å². The van der Waals surface area contributed by atoms with Gasteiger partial charge in [0, 0.05) is 45.5 Å². The minimum atomic E-state index is -0.139. The highest BCUT2D eigenvalue weighted by Crippen LogP contribution is 2.25. The van der Waals surface area contributed by atoms with Crippen LogP contribution in [0.4, 0.5) is 4.79 Å². The lowest BCUT2D eigenvalue weighted by Crippen LogP contribution is -2.46. The van der Waals surface area contributed by atoms with Gasteiger partial charge < -0.3 is 15.1 Å². The van der Waals surface area contributed by atoms with Crippen molar-refractivity contribution in [3.63, 3.8) is 0 Å². The van der Waals surface area contributed by atoms with E-state index in [4.69, 9.17) is 0 Å². The third-order valence-corrected chi connectivity index (χ3v) is 4.01. The second-order valence-electron chi connectivity index (χ2n) is 6.16. The van der Waals surface area contributed by atoms with Crippen LogP contribution in [-0.4, -0.2) is 64.9 Å². The van der Waals surface area contributed by atoms with Gasteiger partial charge in [0.05, 0.1) is 12.2 Å². The maximum Gasteiger partial charge on any atom is 0.317 e. The number of hydrogen-bond donors (Lipinski definition) is 1. The fourth-order valence-electron chi connectivity index (χ4n) is 2.68. The second kappa shape index (κ2) is 6.72. The predicted molar refractivity (Wildman–Crippen MR) is 82.3 cm³/mol. The van der Waals surface area contributed by atoms with Crippen molar-refractivity contribution in [1.82, 2.24) is 25.1 Å². The number of urea groups is 1. The van der Waals surface area contributed by atoms with Gasteiger partial charge in [0.2, 0.25) is 0 Å². The van der Waals surface area contributed by atoms with Crippen molar-refractivity contribution >= 4 is 11.9 Å². The maximum absolute atomic E-state index is 12.5. The Hall–Kier alpha value is -2.18. The zero-order valence-corrected chi connectivity index (χ0v) is 13.5. The molecule has 1 saturated heterocycles. The van der Waals surface area contributed by atoms with E-state index in [9.17, 15) is 9.59 Å². The molecule has 3 amide bonds. The summed E-state index contributed by atoms with van der Waals surface area (Å²) in [7, 11) is 3.41. The van der Waals surface area contributed by atoms with Gasteiger partial charge in [0.25, 0.3) is 5.91 Å². The molecule has 0 aliphatic carbocycles. The highest BCUT2D eigenvalue weighted by Gasteiger charge is 2.38. The second-order valence-corrected chi connectivity index (χ2v) is 6.16. The molecule has 22 heavy (non-hydrogen) atoms. The summed E-state index contributed by atoms with van der Waals surface area (Å²) in [6.07, 6.45) is 4.52. The number of amides is 3. The summed E-state index contributed by atoms with van der Waals surface area (Å²) in [6, 6.07) is -0.181. The first-order valence-corrected chi connectivity index (χ1v) is 7.43. The van der Waals surface area contributed by atoms with Crippen molar-refractivity contribution < 1.29 is 9.59 Å². The van der Waals surface area contributed by atoms with Crippen LogP contribution in [0.3, 0.4) is 0 Å². The molecule has 0 radical (unpaired) electrons. The molecule has 2 atom stereocenters. The van der Waals surface area contributed by atoms with E-state index in [0.29, 0.717) is 24.7 Å². The van der Waals surface area contributed by atoms with E-state index in [1.54, 1.807) is 19.0 Å². The largest absolute Gasteiger partial charge is 0.335 e. The molecule has 120 valence electrons. The Balaban J connectivity index is 2.10. The molecule has 1 aromatic heterocycles. The van der Waals surface area contributed by atoms with Crippen molar-refractivity contribution in [2.45, 2.75) is 19.9 Å². The topological polar surface area (TPSA) is 78.4 Å². The minimum absolute atomic E-state index is 0.0458. The molecule has 7 nitrogen and oxygen atoms in total. The SMILES string of the molecule is CC(C)[C@@H]1CN(C(=O)c2cnccn2)C[C@H]1NC(=O)N(C)C. The van der Waals surface area contributed by atoms with E-state index in [-0.39, 0.29) is 23.9 Å². The van der Waals surface area contributed by atoms with Crippen LogP contribution < -0.4 is 5.32 Å². The number of rotatable bonds is 3. The molecule has 0 spiro atoms. The van der Waals surface area contributed by atoms with E-state index in [1.807, 2.05) is 0 Å². The van der Waals surface area contributed by atoms with Crippen molar-refractivity contribution in [1.29, 1.82) is 0 Å². The summed E-state index contributed by atoms with van der Waals surface area (Å²) in [5, 5.41) is 3.00. The first-order chi connectivity index (χ1) is 10.4. The average Bonchev–Trinajstić information content (AvgIpc) is 2.91. The maximum atomic E-state index is 12.5. The fourth-order valence-corrected chi connectivity index (χ4v) is 2.68. The zero-order valence-electron chi connectivity index (χ0n) is 13.5. The lowest BCUT2D eigenvalue weighted by Gasteiger charge is -2.24. The third kappa shape index (κ3) is 3.52. The smallest absolute Gasteiger partial charge is 0.317 e. The molecule has 1 aromatic rings. The van der Waals surface area contributed by atoms with E-state index >= 15 is 0 Å². The monoisotopic (exact) mass is 305 g/mol. The number of nitrogens with one attached hydrogen (secondary N) is 1. The van der Waals surface area contributed by atoms with E-state index in [1.165, 1.54) is 23.5 Å². The number of carbonyl (C=O) groups excluding carboxylic acids is 2. The third-order valence-electron chi connectivity index (χ3n) is 4.01. The molecule has 2 heterocycles. The van der Waals surface area contributed by atoms with Crippen molar-refractivity contribution in [3.05, 3.63) is 24.3 Å². The summed E-state index contributed by atoms with van der Waals surface area (Å²) in [5.41, 5.74) is 0.338. The average molecular weight is 305 g/mol. The zero-order chi connectivity index (χ0) is 16.3. The van der Waals surface area contributed by atoms with Gasteiger partial charge in [-0.05, 0) is 5.92 Å². The first-order valence-electron chi connectivity index (χ1n) is 7.43. The Bertz CT molecular complexity index is 532. The van der Waals surface area contributed by atoms with E-state index in [2.05, 4.69) is 29.1 Å². The Morgan fingerprint density at radius 2 is 2.05 bits per heavy atom. The van der Waals surface area contributed by atoms with Gasteiger partial charge in [-0.25, -0.2) is 9.78 Å². The Morgan fingerprint density at radius 3 is 2.59 bits per heavy atom. The molecular formula is C15H23N5O2. The van der Waals surface area contributed by atoms with Crippen molar-refractivity contribution in [2.24, 2.45) is 11.8 Å². The fraction of sp³-hybridized carbons (Fsp3) is 0.600. The van der Waals surface area contributed by atoms with Crippen LogP contribution in [0.25, 0.3) is 0 Å². The Morgan fingerprint density at radius 1 is 1.32 bits per heavy atom. The molecule has 1 aliphatic rings. The molecule has 0 bridgehead atoms. The van der Waals surface area contributed by atoms with Gasteiger partial charge in [0.1, 0.15) is 5.69 Å². The van der Waals surface area contributed by atoms with Crippen LogP contribution in [-0.2, 0) is 0 Å². The Kier molecular flexibility index (Phi) is 4.95. The summed E-state index contributed by atoms with van der Waals surface area (Å²) in [6.45, 7) is 5.33. The van der Waals surface area contributed by atoms with Crippen LogP contribution in [0.5, 0.6) is 0 Å². The number of likely N-dealkylation sites (tertiary alicyclic amines) is 1.